The van der Waals surface area contributed by atoms with Crippen LogP contribution in [-0.2, 0) is 6.42 Å². The van der Waals surface area contributed by atoms with Gasteiger partial charge >= 0.3 is 0 Å². The van der Waals surface area contributed by atoms with E-state index >= 15 is 0 Å². The Bertz CT molecular complexity index is 611. The van der Waals surface area contributed by atoms with E-state index in [9.17, 15) is 0 Å². The van der Waals surface area contributed by atoms with Gasteiger partial charge in [-0.15, -0.1) is 0 Å². The predicted octanol–water partition coefficient (Wildman–Crippen LogP) is 2.22. The van der Waals surface area contributed by atoms with Gasteiger partial charge in [0.25, 0.3) is 0 Å². The molecule has 22 heavy (non-hydrogen) atoms. The standard InChI is InChI=1S/C17H23N5/c18-17(21-11-5-2-6-12-21)19-10-9-15-13-20-22(14-15)16-7-3-1-4-8-16/h1,3-4,7-8,13-14H,2,5-6,9-12H2,(H2,18,19). The van der Waals surface area contributed by atoms with Crippen molar-refractivity contribution in [2.24, 2.45) is 10.7 Å². The average molecular weight is 297 g/mol. The van der Waals surface area contributed by atoms with Crippen LogP contribution in [0.15, 0.2) is 47.7 Å². The van der Waals surface area contributed by atoms with E-state index in [0.717, 1.165) is 25.2 Å². The summed E-state index contributed by atoms with van der Waals surface area (Å²) in [5.74, 6) is 0.690. The summed E-state index contributed by atoms with van der Waals surface area (Å²) in [5, 5.41) is 4.40. The maximum atomic E-state index is 6.06. The highest BCUT2D eigenvalue weighted by molar-refractivity contribution is 5.78. The topological polar surface area (TPSA) is 59.4 Å². The molecule has 1 aromatic heterocycles. The minimum absolute atomic E-state index is 0.690. The van der Waals surface area contributed by atoms with Crippen LogP contribution in [0.2, 0.25) is 0 Å². The van der Waals surface area contributed by atoms with Crippen LogP contribution in [0, 0.1) is 0 Å². The van der Waals surface area contributed by atoms with Crippen molar-refractivity contribution < 1.29 is 0 Å². The van der Waals surface area contributed by atoms with Crippen LogP contribution >= 0.6 is 0 Å². The van der Waals surface area contributed by atoms with Crippen molar-refractivity contribution in [1.29, 1.82) is 0 Å². The number of rotatable bonds is 4. The molecule has 1 aliphatic heterocycles. The van der Waals surface area contributed by atoms with Crippen molar-refractivity contribution in [2.45, 2.75) is 25.7 Å². The summed E-state index contributed by atoms with van der Waals surface area (Å²) in [4.78, 5) is 6.70. The number of nitrogens with two attached hydrogens (primary N) is 1. The Hall–Kier alpha value is -2.30. The van der Waals surface area contributed by atoms with Gasteiger partial charge in [0.05, 0.1) is 11.9 Å². The first-order valence-corrected chi connectivity index (χ1v) is 7.97. The van der Waals surface area contributed by atoms with Gasteiger partial charge in [-0.3, -0.25) is 4.99 Å². The average Bonchev–Trinajstić information content (AvgIpc) is 3.05. The second kappa shape index (κ2) is 7.11. The molecule has 0 atom stereocenters. The molecule has 0 radical (unpaired) electrons. The Morgan fingerprint density at radius 3 is 2.68 bits per heavy atom. The Morgan fingerprint density at radius 2 is 1.91 bits per heavy atom. The van der Waals surface area contributed by atoms with Gasteiger partial charge in [-0.25, -0.2) is 4.68 Å². The van der Waals surface area contributed by atoms with Crippen molar-refractivity contribution in [1.82, 2.24) is 14.7 Å². The number of piperidine rings is 1. The van der Waals surface area contributed by atoms with Gasteiger partial charge in [0.2, 0.25) is 0 Å². The number of likely N-dealkylation sites (tertiary alicyclic amines) is 1. The van der Waals surface area contributed by atoms with E-state index in [-0.39, 0.29) is 0 Å². The maximum absolute atomic E-state index is 6.06. The van der Waals surface area contributed by atoms with E-state index in [1.165, 1.54) is 24.8 Å². The lowest BCUT2D eigenvalue weighted by Gasteiger charge is -2.27. The maximum Gasteiger partial charge on any atom is 0.191 e. The number of hydrogen-bond donors (Lipinski definition) is 1. The minimum atomic E-state index is 0.690. The smallest absolute Gasteiger partial charge is 0.191 e. The number of aliphatic imine (C=N–C) groups is 1. The van der Waals surface area contributed by atoms with Gasteiger partial charge in [-0.2, -0.15) is 5.10 Å². The first kappa shape index (κ1) is 14.6. The molecule has 0 spiro atoms. The van der Waals surface area contributed by atoms with Gasteiger partial charge < -0.3 is 10.6 Å². The molecule has 116 valence electrons. The lowest BCUT2D eigenvalue weighted by molar-refractivity contribution is 0.338. The highest BCUT2D eigenvalue weighted by atomic mass is 15.3. The highest BCUT2D eigenvalue weighted by Crippen LogP contribution is 2.09. The summed E-state index contributed by atoms with van der Waals surface area (Å²) >= 11 is 0. The summed E-state index contributed by atoms with van der Waals surface area (Å²) in [6.45, 7) is 2.80. The minimum Gasteiger partial charge on any atom is -0.370 e. The Balaban J connectivity index is 1.55. The third-order valence-electron chi connectivity index (χ3n) is 4.01. The highest BCUT2D eigenvalue weighted by Gasteiger charge is 2.11. The summed E-state index contributed by atoms with van der Waals surface area (Å²) in [5.41, 5.74) is 8.32. The van der Waals surface area contributed by atoms with Crippen LogP contribution in [0.3, 0.4) is 0 Å². The van der Waals surface area contributed by atoms with Crippen molar-refractivity contribution in [3.05, 3.63) is 48.3 Å². The van der Waals surface area contributed by atoms with Gasteiger partial charge in [-0.1, -0.05) is 18.2 Å². The number of aromatic nitrogens is 2. The van der Waals surface area contributed by atoms with Crippen molar-refractivity contribution in [3.63, 3.8) is 0 Å². The number of para-hydroxylation sites is 1. The van der Waals surface area contributed by atoms with E-state index in [0.29, 0.717) is 12.5 Å². The molecular formula is C17H23N5. The summed E-state index contributed by atoms with van der Waals surface area (Å²) < 4.78 is 1.90. The third kappa shape index (κ3) is 3.67. The first-order valence-electron chi connectivity index (χ1n) is 7.97. The molecule has 5 heteroatoms. The molecule has 2 N–H and O–H groups in total. The van der Waals surface area contributed by atoms with Crippen molar-refractivity contribution >= 4 is 5.96 Å². The van der Waals surface area contributed by atoms with E-state index in [4.69, 9.17) is 5.73 Å². The molecule has 0 aliphatic carbocycles. The Kier molecular flexibility index (Phi) is 4.73. The second-order valence-electron chi connectivity index (χ2n) is 5.67. The molecule has 1 saturated heterocycles. The van der Waals surface area contributed by atoms with Crippen molar-refractivity contribution in [2.75, 3.05) is 19.6 Å². The molecular weight excluding hydrogens is 274 g/mol. The zero-order valence-corrected chi connectivity index (χ0v) is 12.9. The molecule has 1 fully saturated rings. The van der Waals surface area contributed by atoms with E-state index in [1.807, 2.05) is 41.2 Å². The van der Waals surface area contributed by atoms with Crippen LogP contribution < -0.4 is 5.73 Å². The second-order valence-corrected chi connectivity index (χ2v) is 5.67. The number of hydrogen-bond acceptors (Lipinski definition) is 2. The molecule has 2 heterocycles. The number of benzene rings is 1. The first-order chi connectivity index (χ1) is 10.8. The lowest BCUT2D eigenvalue weighted by Crippen LogP contribution is -2.41. The largest absolute Gasteiger partial charge is 0.370 e. The van der Waals surface area contributed by atoms with Crippen molar-refractivity contribution in [3.8, 4) is 5.69 Å². The molecule has 1 aliphatic rings. The number of nitrogens with zero attached hydrogens (tertiary/aromatic N) is 4. The molecule has 0 amide bonds. The SMILES string of the molecule is NC(=NCCc1cnn(-c2ccccc2)c1)N1CCCCC1. The van der Waals surface area contributed by atoms with Crippen LogP contribution in [0.5, 0.6) is 0 Å². The van der Waals surface area contributed by atoms with Crippen LogP contribution in [0.4, 0.5) is 0 Å². The molecule has 0 saturated carbocycles. The summed E-state index contributed by atoms with van der Waals surface area (Å²) in [7, 11) is 0. The van der Waals surface area contributed by atoms with Crippen LogP contribution in [0.1, 0.15) is 24.8 Å². The third-order valence-corrected chi connectivity index (χ3v) is 4.01. The Labute approximate surface area is 131 Å². The van der Waals surface area contributed by atoms with Gasteiger partial charge in [0, 0.05) is 25.8 Å². The number of guanidine groups is 1. The normalized spacial score (nSPS) is 16.0. The molecule has 2 aromatic rings. The lowest BCUT2D eigenvalue weighted by atomic mass is 10.1. The van der Waals surface area contributed by atoms with Gasteiger partial charge in [-0.05, 0) is 43.4 Å². The summed E-state index contributed by atoms with van der Waals surface area (Å²) in [6, 6.07) is 10.1. The zero-order chi connectivity index (χ0) is 15.2. The van der Waals surface area contributed by atoms with Crippen LogP contribution in [0.25, 0.3) is 5.69 Å². The fraction of sp³-hybridized carbons (Fsp3) is 0.412. The summed E-state index contributed by atoms with van der Waals surface area (Å²) in [6.07, 6.45) is 8.57. The fourth-order valence-electron chi connectivity index (χ4n) is 2.73. The van der Waals surface area contributed by atoms with E-state index < -0.39 is 0 Å². The van der Waals surface area contributed by atoms with E-state index in [1.54, 1.807) is 0 Å². The molecule has 3 rings (SSSR count). The fourth-order valence-corrected chi connectivity index (χ4v) is 2.73. The van der Waals surface area contributed by atoms with Gasteiger partial charge in [0.1, 0.15) is 0 Å². The zero-order valence-electron chi connectivity index (χ0n) is 12.9. The van der Waals surface area contributed by atoms with Crippen LogP contribution in [-0.4, -0.2) is 40.3 Å². The van der Waals surface area contributed by atoms with Gasteiger partial charge in [0.15, 0.2) is 5.96 Å². The predicted molar refractivity (Wildman–Crippen MR) is 89.2 cm³/mol. The molecule has 0 unspecified atom stereocenters. The monoisotopic (exact) mass is 297 g/mol. The Morgan fingerprint density at radius 1 is 1.14 bits per heavy atom. The van der Waals surface area contributed by atoms with E-state index in [2.05, 4.69) is 21.2 Å². The molecule has 1 aromatic carbocycles. The molecule has 0 bridgehead atoms. The molecule has 5 nitrogen and oxygen atoms in total. The quantitative estimate of drug-likeness (QED) is 0.695.